The Labute approximate surface area is 117 Å². The first-order valence-electron chi connectivity index (χ1n) is 5.98. The van der Waals surface area contributed by atoms with Gasteiger partial charge in [-0.05, 0) is 29.7 Å². The number of nitrogens with two attached hydrogens (primary N) is 1. The Morgan fingerprint density at radius 3 is 2.89 bits per heavy atom. The third kappa shape index (κ3) is 2.63. The summed E-state index contributed by atoms with van der Waals surface area (Å²) in [6.45, 7) is 3.47. The molecule has 1 aliphatic rings. The minimum absolute atomic E-state index is 0.0918. The molecular weight excluding hydrogens is 271 g/mol. The van der Waals surface area contributed by atoms with Gasteiger partial charge in [0.15, 0.2) is 0 Å². The monoisotopic (exact) mass is 286 g/mol. The predicted octanol–water partition coefficient (Wildman–Crippen LogP) is 2.47. The average Bonchev–Trinajstić information content (AvgIpc) is 2.36. The van der Waals surface area contributed by atoms with Gasteiger partial charge in [0.25, 0.3) is 0 Å². The second kappa shape index (κ2) is 5.47. The topological polar surface area (TPSA) is 46.3 Å². The highest BCUT2D eigenvalue weighted by molar-refractivity contribution is 6.35. The molecule has 1 aliphatic heterocycles. The maximum atomic E-state index is 12.1. The second-order valence-electron chi connectivity index (χ2n) is 4.67. The minimum Gasteiger partial charge on any atom is -0.338 e. The molecule has 1 unspecified atom stereocenters. The molecule has 0 saturated heterocycles. The summed E-state index contributed by atoms with van der Waals surface area (Å²) in [5, 5.41) is 1.28. The van der Waals surface area contributed by atoms with Gasteiger partial charge >= 0.3 is 0 Å². The van der Waals surface area contributed by atoms with E-state index in [1.165, 1.54) is 0 Å². The van der Waals surface area contributed by atoms with Crippen molar-refractivity contribution in [2.75, 3.05) is 13.1 Å². The Balaban J connectivity index is 2.22. The molecule has 0 aliphatic carbocycles. The lowest BCUT2D eigenvalue weighted by atomic mass is 9.98. The van der Waals surface area contributed by atoms with Crippen LogP contribution in [0, 0.1) is 5.92 Å². The lowest BCUT2D eigenvalue weighted by Gasteiger charge is -2.31. The third-order valence-corrected chi connectivity index (χ3v) is 3.89. The van der Waals surface area contributed by atoms with E-state index in [1.807, 2.05) is 17.9 Å². The summed E-state index contributed by atoms with van der Waals surface area (Å²) >= 11 is 12.2. The van der Waals surface area contributed by atoms with Gasteiger partial charge in [-0.1, -0.05) is 30.1 Å². The number of benzene rings is 1. The van der Waals surface area contributed by atoms with Gasteiger partial charge in [-0.25, -0.2) is 0 Å². The van der Waals surface area contributed by atoms with Gasteiger partial charge in [-0.3, -0.25) is 4.79 Å². The van der Waals surface area contributed by atoms with Gasteiger partial charge in [-0.15, -0.1) is 0 Å². The summed E-state index contributed by atoms with van der Waals surface area (Å²) < 4.78 is 0. The molecule has 2 rings (SSSR count). The van der Waals surface area contributed by atoms with E-state index in [9.17, 15) is 4.79 Å². The van der Waals surface area contributed by atoms with Crippen molar-refractivity contribution in [2.45, 2.75) is 19.9 Å². The number of fused-ring (bicyclic) bond motifs is 1. The van der Waals surface area contributed by atoms with Crippen LogP contribution in [0.25, 0.3) is 0 Å². The van der Waals surface area contributed by atoms with Crippen molar-refractivity contribution in [1.82, 2.24) is 4.90 Å². The van der Waals surface area contributed by atoms with Crippen molar-refractivity contribution >= 4 is 29.1 Å². The van der Waals surface area contributed by atoms with E-state index in [4.69, 9.17) is 28.9 Å². The van der Waals surface area contributed by atoms with Crippen LogP contribution in [-0.2, 0) is 17.8 Å². The molecule has 0 radical (unpaired) electrons. The van der Waals surface area contributed by atoms with E-state index in [2.05, 4.69) is 0 Å². The molecule has 3 nitrogen and oxygen atoms in total. The number of rotatable bonds is 2. The van der Waals surface area contributed by atoms with Crippen LogP contribution in [0.1, 0.15) is 18.1 Å². The van der Waals surface area contributed by atoms with Crippen LogP contribution < -0.4 is 5.73 Å². The molecular formula is C13H16Cl2N2O. The van der Waals surface area contributed by atoms with E-state index in [0.29, 0.717) is 29.7 Å². The van der Waals surface area contributed by atoms with Crippen LogP contribution in [0.3, 0.4) is 0 Å². The number of hydrogen-bond acceptors (Lipinski definition) is 2. The van der Waals surface area contributed by atoms with Gasteiger partial charge in [0.05, 0.1) is 0 Å². The molecule has 1 aromatic rings. The summed E-state index contributed by atoms with van der Waals surface area (Å²) in [6, 6.07) is 3.65. The van der Waals surface area contributed by atoms with Crippen molar-refractivity contribution < 1.29 is 4.79 Å². The van der Waals surface area contributed by atoms with E-state index in [1.54, 1.807) is 6.07 Å². The highest BCUT2D eigenvalue weighted by Gasteiger charge is 2.25. The summed E-state index contributed by atoms with van der Waals surface area (Å²) in [5.74, 6) is -0.0493. The molecule has 0 spiro atoms. The first kappa shape index (κ1) is 13.7. The molecule has 1 heterocycles. The maximum Gasteiger partial charge on any atom is 0.226 e. The summed E-state index contributed by atoms with van der Waals surface area (Å²) in [4.78, 5) is 13.9. The fraction of sp³-hybridized carbons (Fsp3) is 0.462. The molecule has 98 valence electrons. The maximum absolute atomic E-state index is 12.1. The number of carbonyl (C=O) groups excluding carboxylic acids is 1. The lowest BCUT2D eigenvalue weighted by Crippen LogP contribution is -2.41. The third-order valence-electron chi connectivity index (χ3n) is 3.34. The van der Waals surface area contributed by atoms with Gasteiger partial charge in [-0.2, -0.15) is 0 Å². The Bertz CT molecular complexity index is 476. The van der Waals surface area contributed by atoms with Gasteiger partial charge < -0.3 is 10.6 Å². The van der Waals surface area contributed by atoms with Gasteiger partial charge in [0, 0.05) is 35.6 Å². The molecule has 0 aromatic heterocycles. The van der Waals surface area contributed by atoms with E-state index in [0.717, 1.165) is 17.5 Å². The Morgan fingerprint density at radius 1 is 1.50 bits per heavy atom. The zero-order valence-corrected chi connectivity index (χ0v) is 11.8. The lowest BCUT2D eigenvalue weighted by molar-refractivity contribution is -0.135. The van der Waals surface area contributed by atoms with Crippen LogP contribution in [0.4, 0.5) is 0 Å². The standard InChI is InChI=1S/C13H16Cl2N2O/c1-8(6-16)13(18)17-3-2-9-4-10(14)5-12(15)11(9)7-17/h4-5,8H,2-3,6-7,16H2,1H3. The molecule has 1 atom stereocenters. The van der Waals surface area contributed by atoms with Gasteiger partial charge in [0.2, 0.25) is 5.91 Å². The first-order chi connectivity index (χ1) is 8.52. The van der Waals surface area contributed by atoms with E-state index < -0.39 is 0 Å². The fourth-order valence-electron chi connectivity index (χ4n) is 2.18. The summed E-state index contributed by atoms with van der Waals surface area (Å²) in [6.07, 6.45) is 0.790. The molecule has 0 saturated carbocycles. The van der Waals surface area contributed by atoms with Crippen LogP contribution in [0.2, 0.25) is 10.0 Å². The Morgan fingerprint density at radius 2 is 2.22 bits per heavy atom. The second-order valence-corrected chi connectivity index (χ2v) is 5.52. The van der Waals surface area contributed by atoms with Crippen molar-refractivity contribution in [3.63, 3.8) is 0 Å². The summed E-state index contributed by atoms with van der Waals surface area (Å²) in [7, 11) is 0. The molecule has 0 fully saturated rings. The van der Waals surface area contributed by atoms with Crippen molar-refractivity contribution in [3.8, 4) is 0 Å². The average molecular weight is 287 g/mol. The first-order valence-corrected chi connectivity index (χ1v) is 6.74. The fourth-order valence-corrected chi connectivity index (χ4v) is 2.78. The van der Waals surface area contributed by atoms with Crippen molar-refractivity contribution in [2.24, 2.45) is 11.7 Å². The van der Waals surface area contributed by atoms with E-state index >= 15 is 0 Å². The Hall–Kier alpha value is -0.770. The van der Waals surface area contributed by atoms with Crippen LogP contribution in [-0.4, -0.2) is 23.9 Å². The number of amides is 1. The van der Waals surface area contributed by atoms with Crippen molar-refractivity contribution in [3.05, 3.63) is 33.3 Å². The molecule has 0 bridgehead atoms. The zero-order chi connectivity index (χ0) is 13.3. The van der Waals surface area contributed by atoms with Gasteiger partial charge in [0.1, 0.15) is 0 Å². The van der Waals surface area contributed by atoms with Crippen LogP contribution in [0.5, 0.6) is 0 Å². The molecule has 18 heavy (non-hydrogen) atoms. The molecule has 2 N–H and O–H groups in total. The minimum atomic E-state index is -0.141. The van der Waals surface area contributed by atoms with E-state index in [-0.39, 0.29) is 11.8 Å². The number of halogens is 2. The SMILES string of the molecule is CC(CN)C(=O)N1CCc2cc(Cl)cc(Cl)c2C1. The normalized spacial score (nSPS) is 16.3. The van der Waals surface area contributed by atoms with Crippen molar-refractivity contribution in [1.29, 1.82) is 0 Å². The molecule has 5 heteroatoms. The number of hydrogen-bond donors (Lipinski definition) is 1. The highest BCUT2D eigenvalue weighted by Crippen LogP contribution is 2.30. The number of nitrogens with zero attached hydrogens (tertiary/aromatic N) is 1. The number of carbonyl (C=O) groups is 1. The smallest absolute Gasteiger partial charge is 0.226 e. The van der Waals surface area contributed by atoms with Crippen LogP contribution >= 0.6 is 23.2 Å². The highest BCUT2D eigenvalue weighted by atomic mass is 35.5. The zero-order valence-electron chi connectivity index (χ0n) is 10.2. The predicted molar refractivity (Wildman–Crippen MR) is 73.8 cm³/mol. The largest absolute Gasteiger partial charge is 0.338 e. The summed E-state index contributed by atoms with van der Waals surface area (Å²) in [5.41, 5.74) is 7.67. The molecule has 1 aromatic carbocycles. The molecule has 1 amide bonds. The van der Waals surface area contributed by atoms with Crippen LogP contribution in [0.15, 0.2) is 12.1 Å². The Kier molecular flexibility index (Phi) is 4.15. The quantitative estimate of drug-likeness (QED) is 0.908.